The summed E-state index contributed by atoms with van der Waals surface area (Å²) in [5.74, 6) is 0.0384. The number of amides is 2. The van der Waals surface area contributed by atoms with Gasteiger partial charge in [-0.2, -0.15) is 0 Å². The number of carbonyl (C=O) groups is 2. The first kappa shape index (κ1) is 20.3. The molecule has 0 aliphatic carbocycles. The second-order valence-electron chi connectivity index (χ2n) is 6.89. The van der Waals surface area contributed by atoms with Crippen molar-refractivity contribution >= 4 is 46.4 Å². The number of carbonyl (C=O) groups excluding carboxylic acids is 2. The van der Waals surface area contributed by atoms with Gasteiger partial charge in [-0.3, -0.25) is 9.59 Å². The van der Waals surface area contributed by atoms with E-state index >= 15 is 0 Å². The standard InChI is InChI=1S/C23H18Cl2N2O3/c1-14-23(29)27(13-15-6-2-4-8-18(15)24)20-12-16(10-11-21(20)30-14)26-22(28)17-7-3-5-9-19(17)25/h2-12,14H,13H2,1H3,(H,26,28). The van der Waals surface area contributed by atoms with E-state index in [1.807, 2.05) is 18.2 Å². The molecule has 0 fully saturated rings. The first-order valence-electron chi connectivity index (χ1n) is 9.35. The largest absolute Gasteiger partial charge is 0.479 e. The van der Waals surface area contributed by atoms with Crippen LogP contribution in [0.15, 0.2) is 66.7 Å². The molecule has 1 atom stereocenters. The molecule has 1 N–H and O–H groups in total. The number of anilines is 2. The molecule has 5 nitrogen and oxygen atoms in total. The Bertz CT molecular complexity index is 1130. The Hall–Kier alpha value is -3.02. The highest BCUT2D eigenvalue weighted by molar-refractivity contribution is 6.34. The highest BCUT2D eigenvalue weighted by Crippen LogP contribution is 2.38. The van der Waals surface area contributed by atoms with E-state index in [1.165, 1.54) is 0 Å². The maximum Gasteiger partial charge on any atom is 0.268 e. The maximum absolute atomic E-state index is 12.9. The minimum atomic E-state index is -0.622. The average Bonchev–Trinajstić information content (AvgIpc) is 2.73. The van der Waals surface area contributed by atoms with Crippen LogP contribution in [0.3, 0.4) is 0 Å². The van der Waals surface area contributed by atoms with Crippen LogP contribution in [-0.4, -0.2) is 17.9 Å². The number of hydrogen-bond donors (Lipinski definition) is 1. The highest BCUT2D eigenvalue weighted by atomic mass is 35.5. The molecule has 30 heavy (non-hydrogen) atoms. The average molecular weight is 441 g/mol. The Morgan fingerprint density at radius 1 is 1.03 bits per heavy atom. The summed E-state index contributed by atoms with van der Waals surface area (Å²) in [7, 11) is 0. The summed E-state index contributed by atoms with van der Waals surface area (Å²) >= 11 is 12.4. The van der Waals surface area contributed by atoms with Gasteiger partial charge >= 0.3 is 0 Å². The molecule has 0 spiro atoms. The van der Waals surface area contributed by atoms with E-state index in [0.29, 0.717) is 39.3 Å². The van der Waals surface area contributed by atoms with Gasteiger partial charge in [0.15, 0.2) is 6.10 Å². The fraction of sp³-hybridized carbons (Fsp3) is 0.130. The number of nitrogens with zero attached hydrogens (tertiary/aromatic N) is 1. The number of halogens is 2. The molecule has 7 heteroatoms. The fourth-order valence-corrected chi connectivity index (χ4v) is 3.71. The summed E-state index contributed by atoms with van der Waals surface area (Å²) in [6, 6.07) is 19.3. The van der Waals surface area contributed by atoms with Gasteiger partial charge in [-0.05, 0) is 48.9 Å². The zero-order chi connectivity index (χ0) is 21.3. The first-order chi connectivity index (χ1) is 14.4. The molecule has 152 valence electrons. The summed E-state index contributed by atoms with van der Waals surface area (Å²) in [6.45, 7) is 2.00. The minimum Gasteiger partial charge on any atom is -0.479 e. The lowest BCUT2D eigenvalue weighted by Gasteiger charge is -2.33. The molecule has 2 amide bonds. The van der Waals surface area contributed by atoms with Gasteiger partial charge in [0.25, 0.3) is 11.8 Å². The van der Waals surface area contributed by atoms with Crippen molar-refractivity contribution in [2.45, 2.75) is 19.6 Å². The molecule has 0 saturated carbocycles. The van der Waals surface area contributed by atoms with E-state index in [-0.39, 0.29) is 11.8 Å². The zero-order valence-corrected chi connectivity index (χ0v) is 17.6. The number of nitrogens with one attached hydrogen (secondary N) is 1. The van der Waals surface area contributed by atoms with Crippen molar-refractivity contribution in [3.63, 3.8) is 0 Å². The minimum absolute atomic E-state index is 0.183. The quantitative estimate of drug-likeness (QED) is 0.577. The third-order valence-electron chi connectivity index (χ3n) is 4.83. The summed E-state index contributed by atoms with van der Waals surface area (Å²) in [5.41, 5.74) is 2.27. The Balaban J connectivity index is 1.66. The van der Waals surface area contributed by atoms with Crippen molar-refractivity contribution in [3.05, 3.63) is 87.9 Å². The van der Waals surface area contributed by atoms with Crippen LogP contribution >= 0.6 is 23.2 Å². The molecule has 0 saturated heterocycles. The summed E-state index contributed by atoms with van der Waals surface area (Å²) < 4.78 is 5.75. The smallest absolute Gasteiger partial charge is 0.268 e. The lowest BCUT2D eigenvalue weighted by Crippen LogP contribution is -2.44. The van der Waals surface area contributed by atoms with Crippen molar-refractivity contribution in [3.8, 4) is 5.75 Å². The van der Waals surface area contributed by atoms with Gasteiger partial charge in [-0.15, -0.1) is 0 Å². The van der Waals surface area contributed by atoms with Crippen LogP contribution in [0.4, 0.5) is 11.4 Å². The van der Waals surface area contributed by atoms with Crippen molar-refractivity contribution < 1.29 is 14.3 Å². The van der Waals surface area contributed by atoms with Gasteiger partial charge in [0.1, 0.15) is 5.75 Å². The zero-order valence-electron chi connectivity index (χ0n) is 16.1. The van der Waals surface area contributed by atoms with Crippen LogP contribution < -0.4 is 15.0 Å². The normalized spacial score (nSPS) is 15.4. The lowest BCUT2D eigenvalue weighted by molar-refractivity contribution is -0.125. The van der Waals surface area contributed by atoms with Gasteiger partial charge in [0.2, 0.25) is 0 Å². The third-order valence-corrected chi connectivity index (χ3v) is 5.53. The highest BCUT2D eigenvalue weighted by Gasteiger charge is 2.32. The number of rotatable bonds is 4. The number of benzene rings is 3. The monoisotopic (exact) mass is 440 g/mol. The van der Waals surface area contributed by atoms with Gasteiger partial charge in [0, 0.05) is 10.7 Å². The van der Waals surface area contributed by atoms with Crippen molar-refractivity contribution in [2.24, 2.45) is 0 Å². The fourth-order valence-electron chi connectivity index (χ4n) is 3.29. The SMILES string of the molecule is CC1Oc2ccc(NC(=O)c3ccccc3Cl)cc2N(Cc2ccccc2Cl)C1=O. The molecular formula is C23H18Cl2N2O3. The molecular weight excluding hydrogens is 423 g/mol. The molecule has 0 aromatic heterocycles. The Morgan fingerprint density at radius 2 is 1.73 bits per heavy atom. The maximum atomic E-state index is 12.9. The van der Waals surface area contributed by atoms with Crippen LogP contribution in [0.1, 0.15) is 22.8 Å². The van der Waals surface area contributed by atoms with E-state index in [9.17, 15) is 9.59 Å². The third kappa shape index (κ3) is 3.99. The van der Waals surface area contributed by atoms with Gasteiger partial charge in [-0.1, -0.05) is 53.5 Å². The Morgan fingerprint density at radius 3 is 2.47 bits per heavy atom. The lowest BCUT2D eigenvalue weighted by atomic mass is 10.1. The second-order valence-corrected chi connectivity index (χ2v) is 7.71. The molecule has 0 radical (unpaired) electrons. The number of hydrogen-bond acceptors (Lipinski definition) is 3. The summed E-state index contributed by atoms with van der Waals surface area (Å²) in [5, 5.41) is 3.77. The van der Waals surface area contributed by atoms with Crippen LogP contribution in [0, 0.1) is 0 Å². The molecule has 1 aliphatic rings. The number of ether oxygens (including phenoxy) is 1. The number of fused-ring (bicyclic) bond motifs is 1. The first-order valence-corrected chi connectivity index (χ1v) is 10.1. The molecule has 1 heterocycles. The van der Waals surface area contributed by atoms with Crippen molar-refractivity contribution in [1.29, 1.82) is 0 Å². The van der Waals surface area contributed by atoms with E-state index < -0.39 is 6.10 Å². The van der Waals surface area contributed by atoms with E-state index in [0.717, 1.165) is 5.56 Å². The topological polar surface area (TPSA) is 58.6 Å². The van der Waals surface area contributed by atoms with Crippen molar-refractivity contribution in [2.75, 3.05) is 10.2 Å². The summed E-state index contributed by atoms with van der Waals surface area (Å²) in [6.07, 6.45) is -0.622. The van der Waals surface area contributed by atoms with Crippen LogP contribution in [0.25, 0.3) is 0 Å². The molecule has 0 bridgehead atoms. The Kier molecular flexibility index (Phi) is 5.66. The van der Waals surface area contributed by atoms with Crippen molar-refractivity contribution in [1.82, 2.24) is 0 Å². The van der Waals surface area contributed by atoms with Crippen LogP contribution in [0.2, 0.25) is 10.0 Å². The molecule has 3 aromatic carbocycles. The van der Waals surface area contributed by atoms with E-state index in [4.69, 9.17) is 27.9 Å². The van der Waals surface area contributed by atoms with Crippen LogP contribution in [-0.2, 0) is 11.3 Å². The second kappa shape index (κ2) is 8.38. The molecule has 4 rings (SSSR count). The predicted octanol–water partition coefficient (Wildman–Crippen LogP) is 5.56. The molecule has 3 aromatic rings. The van der Waals surface area contributed by atoms with Gasteiger partial charge < -0.3 is 15.0 Å². The molecule has 1 unspecified atom stereocenters. The van der Waals surface area contributed by atoms with Crippen LogP contribution in [0.5, 0.6) is 5.75 Å². The van der Waals surface area contributed by atoms with E-state index in [2.05, 4.69) is 5.32 Å². The van der Waals surface area contributed by atoms with Gasteiger partial charge in [0.05, 0.1) is 22.8 Å². The summed E-state index contributed by atoms with van der Waals surface area (Å²) in [4.78, 5) is 27.1. The Labute approximate surface area is 184 Å². The molecule has 1 aliphatic heterocycles. The van der Waals surface area contributed by atoms with E-state index in [1.54, 1.807) is 60.4 Å². The van der Waals surface area contributed by atoms with Gasteiger partial charge in [-0.25, -0.2) is 0 Å². The predicted molar refractivity (Wildman–Crippen MR) is 119 cm³/mol.